The molecule has 96 valence electrons. The van der Waals surface area contributed by atoms with Gasteiger partial charge in [0.25, 0.3) is 6.43 Å². The number of carbonyl (C=O) groups excluding carboxylic acids is 1. The van der Waals surface area contributed by atoms with Gasteiger partial charge in [-0.05, 0) is 19.9 Å². The van der Waals surface area contributed by atoms with E-state index in [0.717, 1.165) is 0 Å². The zero-order valence-electron chi connectivity index (χ0n) is 9.65. The number of aliphatic hydroxyl groups is 1. The van der Waals surface area contributed by atoms with Crippen molar-refractivity contribution in [3.05, 3.63) is 17.5 Å². The van der Waals surface area contributed by atoms with Gasteiger partial charge in [-0.15, -0.1) is 0 Å². The lowest BCUT2D eigenvalue weighted by Crippen LogP contribution is -2.33. The second-order valence-corrected chi connectivity index (χ2v) is 3.65. The van der Waals surface area contributed by atoms with E-state index in [1.807, 2.05) is 0 Å². The summed E-state index contributed by atoms with van der Waals surface area (Å²) in [4.78, 5) is 11.6. The predicted molar refractivity (Wildman–Crippen MR) is 56.7 cm³/mol. The molecule has 0 fully saturated rings. The molecule has 17 heavy (non-hydrogen) atoms. The molecule has 0 aliphatic heterocycles. The first-order chi connectivity index (χ1) is 7.97. The zero-order valence-corrected chi connectivity index (χ0v) is 9.65. The number of carbonyl (C=O) groups is 1. The summed E-state index contributed by atoms with van der Waals surface area (Å²) in [5.41, 5.74) is 0.149. The number of amides is 1. The maximum Gasteiger partial charge on any atom is 0.282 e. The van der Waals surface area contributed by atoms with Crippen LogP contribution in [-0.2, 0) is 4.79 Å². The molecule has 0 bridgehead atoms. The van der Waals surface area contributed by atoms with Crippen molar-refractivity contribution in [1.29, 1.82) is 0 Å². The SMILES string of the molecule is Cc1cc(C(F)F)nn1C(C)C(=O)NCCO. The van der Waals surface area contributed by atoms with E-state index in [-0.39, 0.29) is 24.8 Å². The van der Waals surface area contributed by atoms with Crippen LogP contribution < -0.4 is 5.32 Å². The minimum absolute atomic E-state index is 0.130. The Morgan fingerprint density at radius 1 is 1.65 bits per heavy atom. The first-order valence-electron chi connectivity index (χ1n) is 5.20. The molecule has 1 unspecified atom stereocenters. The average Bonchev–Trinajstić information content (AvgIpc) is 2.67. The highest BCUT2D eigenvalue weighted by Gasteiger charge is 2.20. The Bertz CT molecular complexity index is 393. The third-order valence-electron chi connectivity index (χ3n) is 2.32. The summed E-state index contributed by atoms with van der Waals surface area (Å²) in [5, 5.41) is 14.7. The Morgan fingerprint density at radius 3 is 2.76 bits per heavy atom. The van der Waals surface area contributed by atoms with Crippen LogP contribution in [0.4, 0.5) is 8.78 Å². The van der Waals surface area contributed by atoms with Crippen LogP contribution in [0, 0.1) is 6.92 Å². The fraction of sp³-hybridized carbons (Fsp3) is 0.600. The van der Waals surface area contributed by atoms with Crippen molar-refractivity contribution in [2.24, 2.45) is 0 Å². The van der Waals surface area contributed by atoms with Gasteiger partial charge in [-0.3, -0.25) is 9.48 Å². The Morgan fingerprint density at radius 2 is 2.29 bits per heavy atom. The predicted octanol–water partition coefficient (Wildman–Crippen LogP) is 0.799. The molecule has 0 spiro atoms. The summed E-state index contributed by atoms with van der Waals surface area (Å²) >= 11 is 0. The number of aliphatic hydroxyl groups excluding tert-OH is 1. The molecular formula is C10H15F2N3O2. The molecule has 1 aromatic rings. The van der Waals surface area contributed by atoms with Crippen LogP contribution >= 0.6 is 0 Å². The minimum Gasteiger partial charge on any atom is -0.395 e. The number of halogens is 2. The van der Waals surface area contributed by atoms with Crippen LogP contribution in [-0.4, -0.2) is 33.9 Å². The normalized spacial score (nSPS) is 12.8. The molecule has 5 nitrogen and oxygen atoms in total. The van der Waals surface area contributed by atoms with Crippen LogP contribution in [0.25, 0.3) is 0 Å². The molecule has 7 heteroatoms. The molecular weight excluding hydrogens is 232 g/mol. The highest BCUT2D eigenvalue weighted by molar-refractivity contribution is 5.79. The van der Waals surface area contributed by atoms with Crippen molar-refractivity contribution in [2.45, 2.75) is 26.3 Å². The van der Waals surface area contributed by atoms with Crippen molar-refractivity contribution >= 4 is 5.91 Å². The first-order valence-corrected chi connectivity index (χ1v) is 5.20. The summed E-state index contributed by atoms with van der Waals surface area (Å²) in [5.74, 6) is -0.369. The topological polar surface area (TPSA) is 67.2 Å². The molecule has 1 heterocycles. The second-order valence-electron chi connectivity index (χ2n) is 3.65. The van der Waals surface area contributed by atoms with E-state index >= 15 is 0 Å². The quantitative estimate of drug-likeness (QED) is 0.808. The van der Waals surface area contributed by atoms with Crippen molar-refractivity contribution < 1.29 is 18.7 Å². The fourth-order valence-electron chi connectivity index (χ4n) is 1.45. The molecule has 1 aromatic heterocycles. The van der Waals surface area contributed by atoms with Crippen LogP contribution in [0.2, 0.25) is 0 Å². The first kappa shape index (κ1) is 13.6. The molecule has 1 atom stereocenters. The maximum absolute atomic E-state index is 12.4. The number of hydrogen-bond donors (Lipinski definition) is 2. The standard InChI is InChI=1S/C10H15F2N3O2/c1-6-5-8(9(11)12)14-15(6)7(2)10(17)13-3-4-16/h5,7,9,16H,3-4H2,1-2H3,(H,13,17). The Balaban J connectivity index is 2.81. The third-order valence-corrected chi connectivity index (χ3v) is 2.32. The van der Waals surface area contributed by atoms with Crippen LogP contribution in [0.3, 0.4) is 0 Å². The summed E-state index contributed by atoms with van der Waals surface area (Å²) in [7, 11) is 0. The van der Waals surface area contributed by atoms with Crippen LogP contribution in [0.5, 0.6) is 0 Å². The third kappa shape index (κ3) is 3.23. The highest BCUT2D eigenvalue weighted by Crippen LogP contribution is 2.20. The number of alkyl halides is 2. The number of rotatable bonds is 5. The number of nitrogens with zero attached hydrogens (tertiary/aromatic N) is 2. The van der Waals surface area contributed by atoms with E-state index in [1.165, 1.54) is 10.7 Å². The Labute approximate surface area is 97.4 Å². The Kier molecular flexibility index (Phi) is 4.56. The van der Waals surface area contributed by atoms with Crippen molar-refractivity contribution in [3.63, 3.8) is 0 Å². The van der Waals surface area contributed by atoms with E-state index in [0.29, 0.717) is 5.69 Å². The van der Waals surface area contributed by atoms with Gasteiger partial charge < -0.3 is 10.4 Å². The summed E-state index contributed by atoms with van der Waals surface area (Å²) in [6.45, 7) is 3.13. The van der Waals surface area contributed by atoms with Crippen molar-refractivity contribution in [3.8, 4) is 0 Å². The molecule has 0 aliphatic rings. The Hall–Kier alpha value is -1.50. The van der Waals surface area contributed by atoms with Gasteiger partial charge in [0.05, 0.1) is 6.61 Å². The summed E-state index contributed by atoms with van der Waals surface area (Å²) in [6, 6.07) is 0.564. The maximum atomic E-state index is 12.4. The molecule has 2 N–H and O–H groups in total. The minimum atomic E-state index is -2.65. The van der Waals surface area contributed by atoms with Gasteiger partial charge in [0.2, 0.25) is 5.91 Å². The van der Waals surface area contributed by atoms with Gasteiger partial charge in [-0.2, -0.15) is 5.10 Å². The lowest BCUT2D eigenvalue weighted by atomic mass is 10.3. The van der Waals surface area contributed by atoms with Gasteiger partial charge >= 0.3 is 0 Å². The smallest absolute Gasteiger partial charge is 0.282 e. The number of aromatic nitrogens is 2. The number of nitrogens with one attached hydrogen (secondary N) is 1. The van der Waals surface area contributed by atoms with Crippen LogP contribution in [0.1, 0.15) is 30.8 Å². The lowest BCUT2D eigenvalue weighted by molar-refractivity contribution is -0.124. The van der Waals surface area contributed by atoms with E-state index in [1.54, 1.807) is 13.8 Å². The molecule has 0 radical (unpaired) electrons. The van der Waals surface area contributed by atoms with Gasteiger partial charge in [0.15, 0.2) is 0 Å². The van der Waals surface area contributed by atoms with Gasteiger partial charge in [-0.25, -0.2) is 8.78 Å². The molecule has 0 aliphatic carbocycles. The average molecular weight is 247 g/mol. The van der Waals surface area contributed by atoms with Crippen molar-refractivity contribution in [2.75, 3.05) is 13.2 Å². The van der Waals surface area contributed by atoms with Gasteiger partial charge in [-0.1, -0.05) is 0 Å². The molecule has 1 amide bonds. The van der Waals surface area contributed by atoms with E-state index in [2.05, 4.69) is 10.4 Å². The molecule has 0 saturated carbocycles. The number of hydrogen-bond acceptors (Lipinski definition) is 3. The molecule has 1 rings (SSSR count). The van der Waals surface area contributed by atoms with E-state index in [9.17, 15) is 13.6 Å². The highest BCUT2D eigenvalue weighted by atomic mass is 19.3. The molecule has 0 aromatic carbocycles. The summed E-state index contributed by atoms with van der Waals surface area (Å²) < 4.78 is 26.1. The van der Waals surface area contributed by atoms with Gasteiger partial charge in [0, 0.05) is 12.2 Å². The van der Waals surface area contributed by atoms with Gasteiger partial charge in [0.1, 0.15) is 11.7 Å². The van der Waals surface area contributed by atoms with E-state index in [4.69, 9.17) is 5.11 Å². The zero-order chi connectivity index (χ0) is 13.0. The largest absolute Gasteiger partial charge is 0.395 e. The van der Waals surface area contributed by atoms with E-state index < -0.39 is 12.5 Å². The monoisotopic (exact) mass is 247 g/mol. The summed E-state index contributed by atoms with van der Waals surface area (Å²) in [6.07, 6.45) is -2.65. The molecule has 0 saturated heterocycles. The van der Waals surface area contributed by atoms with Crippen LogP contribution in [0.15, 0.2) is 6.07 Å². The second kappa shape index (κ2) is 5.72. The number of aryl methyl sites for hydroxylation is 1. The fourth-order valence-corrected chi connectivity index (χ4v) is 1.45. The van der Waals surface area contributed by atoms with Crippen molar-refractivity contribution in [1.82, 2.24) is 15.1 Å². The lowest BCUT2D eigenvalue weighted by Gasteiger charge is -2.13.